The highest BCUT2D eigenvalue weighted by molar-refractivity contribution is 4.88. The van der Waals surface area contributed by atoms with E-state index in [0.717, 1.165) is 18.5 Å². The highest BCUT2D eigenvalue weighted by Gasteiger charge is 2.32. The normalized spacial score (nSPS) is 20.6. The lowest BCUT2D eigenvalue weighted by Gasteiger charge is -2.21. The van der Waals surface area contributed by atoms with E-state index in [9.17, 15) is 0 Å². The van der Waals surface area contributed by atoms with Crippen molar-refractivity contribution in [1.82, 2.24) is 4.90 Å². The van der Waals surface area contributed by atoms with Gasteiger partial charge in [-0.05, 0) is 57.5 Å². The molecule has 0 spiro atoms. The Bertz CT molecular complexity index is 185. The summed E-state index contributed by atoms with van der Waals surface area (Å²) in [7, 11) is 0. The maximum Gasteiger partial charge on any atom is 0.00965 e. The molecule has 0 aliphatic heterocycles. The first kappa shape index (κ1) is 12.4. The van der Waals surface area contributed by atoms with Gasteiger partial charge in [0.25, 0.3) is 0 Å². The zero-order valence-corrected chi connectivity index (χ0v) is 10.7. The van der Waals surface area contributed by atoms with Crippen LogP contribution >= 0.6 is 0 Å². The van der Waals surface area contributed by atoms with Gasteiger partial charge in [-0.1, -0.05) is 19.3 Å². The summed E-state index contributed by atoms with van der Waals surface area (Å²) in [5, 5.41) is 0. The predicted octanol–water partition coefficient (Wildman–Crippen LogP) is 2.77. The van der Waals surface area contributed by atoms with Crippen LogP contribution in [0.15, 0.2) is 0 Å². The van der Waals surface area contributed by atoms with Crippen LogP contribution in [0, 0.1) is 5.92 Å². The summed E-state index contributed by atoms with van der Waals surface area (Å²) in [5.74, 6) is 1.07. The summed E-state index contributed by atoms with van der Waals surface area (Å²) in [5.41, 5.74) is 5.49. The molecule has 2 fully saturated rings. The average Bonchev–Trinajstić information content (AvgIpc) is 3.15. The summed E-state index contributed by atoms with van der Waals surface area (Å²) >= 11 is 0. The van der Waals surface area contributed by atoms with Gasteiger partial charge in [0.15, 0.2) is 0 Å². The number of nitrogens with two attached hydrogens (primary N) is 1. The minimum Gasteiger partial charge on any atom is -0.330 e. The Balaban J connectivity index is 1.48. The fourth-order valence-electron chi connectivity index (χ4n) is 2.48. The lowest BCUT2D eigenvalue weighted by atomic mass is 10.1. The van der Waals surface area contributed by atoms with Crippen molar-refractivity contribution >= 4 is 0 Å². The van der Waals surface area contributed by atoms with Gasteiger partial charge in [-0.15, -0.1) is 0 Å². The molecule has 2 saturated carbocycles. The van der Waals surface area contributed by atoms with Crippen molar-refractivity contribution in [3.63, 3.8) is 0 Å². The quantitative estimate of drug-likeness (QED) is 0.578. The molecule has 0 bridgehead atoms. The van der Waals surface area contributed by atoms with Crippen molar-refractivity contribution in [2.45, 2.75) is 63.8 Å². The van der Waals surface area contributed by atoms with Gasteiger partial charge in [0, 0.05) is 12.6 Å². The van der Waals surface area contributed by atoms with Crippen LogP contribution in [0.25, 0.3) is 0 Å². The molecule has 2 aliphatic carbocycles. The Morgan fingerprint density at radius 2 is 1.56 bits per heavy atom. The Morgan fingerprint density at radius 3 is 2.19 bits per heavy atom. The summed E-state index contributed by atoms with van der Waals surface area (Å²) in [4.78, 5) is 2.78. The second kappa shape index (κ2) is 6.61. The molecule has 2 aliphatic rings. The van der Waals surface area contributed by atoms with Crippen molar-refractivity contribution in [2.24, 2.45) is 11.7 Å². The van der Waals surface area contributed by atoms with Gasteiger partial charge >= 0.3 is 0 Å². The van der Waals surface area contributed by atoms with Crippen LogP contribution in [-0.4, -0.2) is 30.6 Å². The fraction of sp³-hybridized carbons (Fsp3) is 1.00. The van der Waals surface area contributed by atoms with Gasteiger partial charge in [-0.2, -0.15) is 0 Å². The van der Waals surface area contributed by atoms with Crippen LogP contribution in [0.3, 0.4) is 0 Å². The molecule has 0 aromatic carbocycles. The van der Waals surface area contributed by atoms with E-state index in [2.05, 4.69) is 4.90 Å². The van der Waals surface area contributed by atoms with E-state index >= 15 is 0 Å². The zero-order chi connectivity index (χ0) is 11.2. The molecule has 2 rings (SSSR count). The van der Waals surface area contributed by atoms with Crippen LogP contribution in [0.5, 0.6) is 0 Å². The number of nitrogens with zero attached hydrogens (tertiary/aromatic N) is 1. The molecule has 0 saturated heterocycles. The number of hydrogen-bond acceptors (Lipinski definition) is 2. The van der Waals surface area contributed by atoms with Crippen molar-refractivity contribution in [3.05, 3.63) is 0 Å². The number of unbranched alkanes of at least 4 members (excludes halogenated alkanes) is 4. The summed E-state index contributed by atoms with van der Waals surface area (Å²) in [6.07, 6.45) is 12.7. The SMILES string of the molecule is NCCCCCCCN(CC1CC1)C1CC1. The molecular weight excluding hydrogens is 196 g/mol. The molecule has 2 N–H and O–H groups in total. The van der Waals surface area contributed by atoms with Crippen molar-refractivity contribution in [3.8, 4) is 0 Å². The summed E-state index contributed by atoms with van der Waals surface area (Å²) in [6, 6.07) is 0.977. The molecule has 0 heterocycles. The third-order valence-corrected chi connectivity index (χ3v) is 3.90. The first-order valence-corrected chi connectivity index (χ1v) is 7.34. The minimum absolute atomic E-state index is 0.871. The molecule has 0 aromatic heterocycles. The van der Waals surface area contributed by atoms with Crippen LogP contribution in [0.4, 0.5) is 0 Å². The third-order valence-electron chi connectivity index (χ3n) is 3.90. The Labute approximate surface area is 101 Å². The third kappa shape index (κ3) is 4.84. The van der Waals surface area contributed by atoms with E-state index in [1.54, 1.807) is 0 Å². The standard InChI is InChI=1S/C14H28N2/c15-10-4-2-1-3-5-11-16(14-8-9-14)12-13-6-7-13/h13-14H,1-12,15H2. The topological polar surface area (TPSA) is 29.3 Å². The monoisotopic (exact) mass is 224 g/mol. The minimum atomic E-state index is 0.871. The van der Waals surface area contributed by atoms with Gasteiger partial charge in [-0.25, -0.2) is 0 Å². The first-order valence-electron chi connectivity index (χ1n) is 7.34. The Kier molecular flexibility index (Phi) is 5.11. The van der Waals surface area contributed by atoms with E-state index in [0.29, 0.717) is 0 Å². The Morgan fingerprint density at radius 1 is 0.875 bits per heavy atom. The largest absolute Gasteiger partial charge is 0.330 e. The van der Waals surface area contributed by atoms with Gasteiger partial charge < -0.3 is 10.6 Å². The fourth-order valence-corrected chi connectivity index (χ4v) is 2.48. The maximum absolute atomic E-state index is 5.49. The molecule has 0 radical (unpaired) electrons. The molecule has 16 heavy (non-hydrogen) atoms. The highest BCUT2D eigenvalue weighted by Crippen LogP contribution is 2.34. The molecule has 94 valence electrons. The molecule has 0 unspecified atom stereocenters. The maximum atomic E-state index is 5.49. The first-order chi connectivity index (χ1) is 7.90. The summed E-state index contributed by atoms with van der Waals surface area (Å²) in [6.45, 7) is 3.65. The molecule has 2 nitrogen and oxygen atoms in total. The molecule has 0 atom stereocenters. The lowest BCUT2D eigenvalue weighted by molar-refractivity contribution is 0.246. The van der Waals surface area contributed by atoms with E-state index < -0.39 is 0 Å². The number of hydrogen-bond donors (Lipinski definition) is 1. The molecule has 0 amide bonds. The van der Waals surface area contributed by atoms with Gasteiger partial charge in [0.2, 0.25) is 0 Å². The number of rotatable bonds is 10. The van der Waals surface area contributed by atoms with Gasteiger partial charge in [-0.3, -0.25) is 0 Å². The van der Waals surface area contributed by atoms with Crippen molar-refractivity contribution in [1.29, 1.82) is 0 Å². The van der Waals surface area contributed by atoms with Gasteiger partial charge in [0.05, 0.1) is 0 Å². The Hall–Kier alpha value is -0.0800. The van der Waals surface area contributed by atoms with Crippen LogP contribution < -0.4 is 5.73 Å². The summed E-state index contributed by atoms with van der Waals surface area (Å²) < 4.78 is 0. The second-order valence-electron chi connectivity index (χ2n) is 5.73. The van der Waals surface area contributed by atoms with Crippen molar-refractivity contribution in [2.75, 3.05) is 19.6 Å². The van der Waals surface area contributed by atoms with Crippen LogP contribution in [0.1, 0.15) is 57.8 Å². The molecular formula is C14H28N2. The van der Waals surface area contributed by atoms with Crippen LogP contribution in [-0.2, 0) is 0 Å². The smallest absolute Gasteiger partial charge is 0.00965 e. The van der Waals surface area contributed by atoms with E-state index in [1.807, 2.05) is 0 Å². The van der Waals surface area contributed by atoms with E-state index in [1.165, 1.54) is 70.9 Å². The van der Waals surface area contributed by atoms with E-state index in [4.69, 9.17) is 5.73 Å². The van der Waals surface area contributed by atoms with E-state index in [-0.39, 0.29) is 0 Å². The van der Waals surface area contributed by atoms with Crippen LogP contribution in [0.2, 0.25) is 0 Å². The second-order valence-corrected chi connectivity index (χ2v) is 5.73. The van der Waals surface area contributed by atoms with Gasteiger partial charge in [0.1, 0.15) is 0 Å². The molecule has 0 aromatic rings. The van der Waals surface area contributed by atoms with Crippen molar-refractivity contribution < 1.29 is 0 Å². The molecule has 2 heteroatoms. The zero-order valence-electron chi connectivity index (χ0n) is 10.7. The average molecular weight is 224 g/mol. The lowest BCUT2D eigenvalue weighted by Crippen LogP contribution is -2.29. The highest BCUT2D eigenvalue weighted by atomic mass is 15.2. The predicted molar refractivity (Wildman–Crippen MR) is 69.5 cm³/mol.